The first-order chi connectivity index (χ1) is 7.66. The van der Waals surface area contributed by atoms with Gasteiger partial charge < -0.3 is 0 Å². The lowest BCUT2D eigenvalue weighted by Crippen LogP contribution is -2.61. The first-order valence-corrected chi connectivity index (χ1v) is 7.20. The van der Waals surface area contributed by atoms with Crippen molar-refractivity contribution in [3.63, 3.8) is 0 Å². The van der Waals surface area contributed by atoms with Crippen LogP contribution in [0.25, 0.3) is 0 Å². The van der Waals surface area contributed by atoms with E-state index in [-0.39, 0.29) is 0 Å². The van der Waals surface area contributed by atoms with Crippen LogP contribution in [0.1, 0.15) is 39.5 Å². The summed E-state index contributed by atoms with van der Waals surface area (Å²) in [5.41, 5.74) is 0. The average molecular weight is 218 g/mol. The summed E-state index contributed by atoms with van der Waals surface area (Å²) < 4.78 is 0. The van der Waals surface area contributed by atoms with Crippen molar-refractivity contribution in [3.05, 3.63) is 0 Å². The maximum atomic E-state index is 12.4. The van der Waals surface area contributed by atoms with Crippen molar-refractivity contribution < 1.29 is 4.79 Å². The fraction of sp³-hybridized carbons (Fsp3) is 0.933. The van der Waals surface area contributed by atoms with Crippen molar-refractivity contribution in [2.75, 3.05) is 0 Å². The van der Waals surface area contributed by atoms with Crippen molar-refractivity contribution in [2.45, 2.75) is 39.5 Å². The molecule has 5 saturated carbocycles. The van der Waals surface area contributed by atoms with Gasteiger partial charge in [0.1, 0.15) is 5.78 Å². The SMILES string of the molecule is CC1CC2C3CC4CC2C(C1)C(C4=O)C3C. The molecular formula is C15H22O. The van der Waals surface area contributed by atoms with Crippen molar-refractivity contribution in [1.82, 2.24) is 0 Å². The van der Waals surface area contributed by atoms with Crippen LogP contribution in [-0.4, -0.2) is 5.78 Å². The van der Waals surface area contributed by atoms with E-state index in [4.69, 9.17) is 0 Å². The number of rotatable bonds is 0. The van der Waals surface area contributed by atoms with Crippen LogP contribution in [0, 0.1) is 47.3 Å². The van der Waals surface area contributed by atoms with Gasteiger partial charge in [-0.15, -0.1) is 0 Å². The predicted octanol–water partition coefficient (Wildman–Crippen LogP) is 3.14. The zero-order chi connectivity index (χ0) is 11.0. The van der Waals surface area contributed by atoms with Crippen LogP contribution in [0.15, 0.2) is 0 Å². The summed E-state index contributed by atoms with van der Waals surface area (Å²) in [6.07, 6.45) is 5.32. The minimum atomic E-state index is 0.474. The number of carbonyl (C=O) groups is 1. The van der Waals surface area contributed by atoms with E-state index in [1.165, 1.54) is 25.7 Å². The highest BCUT2D eigenvalue weighted by Crippen LogP contribution is 2.64. The molecule has 88 valence electrons. The van der Waals surface area contributed by atoms with E-state index in [1.807, 2.05) is 0 Å². The Balaban J connectivity index is 1.80. The Kier molecular flexibility index (Phi) is 1.76. The fourth-order valence-corrected chi connectivity index (χ4v) is 6.11. The Hall–Kier alpha value is -0.330. The largest absolute Gasteiger partial charge is 0.299 e. The molecule has 0 aromatic rings. The van der Waals surface area contributed by atoms with Gasteiger partial charge in [-0.3, -0.25) is 4.79 Å². The summed E-state index contributed by atoms with van der Waals surface area (Å²) in [6.45, 7) is 4.78. The summed E-state index contributed by atoms with van der Waals surface area (Å²) in [6, 6.07) is 0. The summed E-state index contributed by atoms with van der Waals surface area (Å²) in [5, 5.41) is 0. The van der Waals surface area contributed by atoms with Crippen molar-refractivity contribution in [3.8, 4) is 0 Å². The van der Waals surface area contributed by atoms with Gasteiger partial charge in [0.05, 0.1) is 0 Å². The minimum Gasteiger partial charge on any atom is -0.299 e. The van der Waals surface area contributed by atoms with Crippen LogP contribution in [0.2, 0.25) is 0 Å². The Morgan fingerprint density at radius 1 is 0.875 bits per heavy atom. The topological polar surface area (TPSA) is 17.1 Å². The first-order valence-electron chi connectivity index (χ1n) is 7.20. The lowest BCUT2D eigenvalue weighted by atomic mass is 9.40. The smallest absolute Gasteiger partial charge is 0.139 e. The number of carbonyl (C=O) groups excluding carboxylic acids is 1. The maximum absolute atomic E-state index is 12.4. The molecule has 5 fully saturated rings. The monoisotopic (exact) mass is 218 g/mol. The van der Waals surface area contributed by atoms with Gasteiger partial charge in [0.2, 0.25) is 0 Å². The van der Waals surface area contributed by atoms with Gasteiger partial charge in [0, 0.05) is 11.8 Å². The molecule has 5 aliphatic carbocycles. The molecule has 0 radical (unpaired) electrons. The molecule has 1 nitrogen and oxygen atoms in total. The van der Waals surface area contributed by atoms with Crippen molar-refractivity contribution in [2.24, 2.45) is 47.3 Å². The molecule has 5 aliphatic rings. The number of hydrogen-bond acceptors (Lipinski definition) is 1. The van der Waals surface area contributed by atoms with Crippen LogP contribution in [0.5, 0.6) is 0 Å². The molecular weight excluding hydrogens is 196 g/mol. The molecule has 0 saturated heterocycles. The molecule has 0 aromatic heterocycles. The van der Waals surface area contributed by atoms with E-state index >= 15 is 0 Å². The highest BCUT2D eigenvalue weighted by atomic mass is 16.1. The molecule has 0 amide bonds. The normalized spacial score (nSPS) is 62.8. The lowest BCUT2D eigenvalue weighted by Gasteiger charge is -2.63. The van der Waals surface area contributed by atoms with Gasteiger partial charge >= 0.3 is 0 Å². The standard InChI is InChI=1S/C15H22O/c1-7-3-11-10-5-9-6-12(11)13(4-7)14(8(10)2)15(9)16/h7-14H,3-6H2,1-2H3. The molecule has 0 aliphatic heterocycles. The Labute approximate surface area is 98.0 Å². The fourth-order valence-electron chi connectivity index (χ4n) is 6.11. The van der Waals surface area contributed by atoms with Gasteiger partial charge in [-0.1, -0.05) is 13.8 Å². The summed E-state index contributed by atoms with van der Waals surface area (Å²) in [4.78, 5) is 12.4. The third-order valence-corrected chi connectivity index (χ3v) is 6.55. The molecule has 0 aromatic carbocycles. The Morgan fingerprint density at radius 2 is 1.50 bits per heavy atom. The highest BCUT2D eigenvalue weighted by Gasteiger charge is 2.61. The van der Waals surface area contributed by atoms with E-state index in [2.05, 4.69) is 13.8 Å². The van der Waals surface area contributed by atoms with Crippen LogP contribution in [-0.2, 0) is 4.79 Å². The first kappa shape index (κ1) is 9.67. The van der Waals surface area contributed by atoms with Gasteiger partial charge in [-0.2, -0.15) is 0 Å². The molecule has 1 heteroatoms. The van der Waals surface area contributed by atoms with Crippen LogP contribution < -0.4 is 0 Å². The number of ketones is 1. The number of Topliss-reactive ketones (excluding diaryl/α,β-unsaturated/α-hetero) is 1. The molecule has 8 unspecified atom stereocenters. The van der Waals surface area contributed by atoms with E-state index < -0.39 is 0 Å². The van der Waals surface area contributed by atoms with Gasteiger partial charge in [0.25, 0.3) is 0 Å². The zero-order valence-corrected chi connectivity index (χ0v) is 10.4. The maximum Gasteiger partial charge on any atom is 0.139 e. The average Bonchev–Trinajstić information content (AvgIpc) is 2.24. The Bertz CT molecular complexity index is 339. The van der Waals surface area contributed by atoms with Crippen LogP contribution in [0.3, 0.4) is 0 Å². The van der Waals surface area contributed by atoms with Crippen LogP contribution >= 0.6 is 0 Å². The van der Waals surface area contributed by atoms with Gasteiger partial charge in [0.15, 0.2) is 0 Å². The quantitative estimate of drug-likeness (QED) is 0.610. The molecule has 0 spiro atoms. The molecule has 0 N–H and O–H groups in total. The highest BCUT2D eigenvalue weighted by molar-refractivity contribution is 5.86. The minimum absolute atomic E-state index is 0.474. The van der Waals surface area contributed by atoms with Crippen LogP contribution in [0.4, 0.5) is 0 Å². The van der Waals surface area contributed by atoms with Gasteiger partial charge in [-0.25, -0.2) is 0 Å². The molecule has 5 rings (SSSR count). The van der Waals surface area contributed by atoms with E-state index in [1.54, 1.807) is 0 Å². The molecule has 6 bridgehead atoms. The third kappa shape index (κ3) is 0.966. The summed E-state index contributed by atoms with van der Waals surface area (Å²) in [5.74, 6) is 6.84. The van der Waals surface area contributed by atoms with E-state index in [0.29, 0.717) is 23.5 Å². The molecule has 0 heterocycles. The number of hydrogen-bond donors (Lipinski definition) is 0. The third-order valence-electron chi connectivity index (χ3n) is 6.55. The van der Waals surface area contributed by atoms with E-state index in [0.717, 1.165) is 29.6 Å². The molecule has 8 atom stereocenters. The lowest BCUT2D eigenvalue weighted by molar-refractivity contribution is -0.175. The Morgan fingerprint density at radius 3 is 2.31 bits per heavy atom. The van der Waals surface area contributed by atoms with Crippen molar-refractivity contribution in [1.29, 1.82) is 0 Å². The zero-order valence-electron chi connectivity index (χ0n) is 10.4. The van der Waals surface area contributed by atoms with E-state index in [9.17, 15) is 4.79 Å². The van der Waals surface area contributed by atoms with Gasteiger partial charge in [-0.05, 0) is 61.2 Å². The summed E-state index contributed by atoms with van der Waals surface area (Å²) in [7, 11) is 0. The summed E-state index contributed by atoms with van der Waals surface area (Å²) >= 11 is 0. The molecule has 16 heavy (non-hydrogen) atoms. The second kappa shape index (κ2) is 2.91. The predicted molar refractivity (Wildman–Crippen MR) is 62.7 cm³/mol. The van der Waals surface area contributed by atoms with Crippen molar-refractivity contribution >= 4 is 5.78 Å². The second-order valence-electron chi connectivity index (χ2n) is 7.19. The second-order valence-corrected chi connectivity index (χ2v) is 7.19.